The lowest BCUT2D eigenvalue weighted by atomic mass is 10.1. The van der Waals surface area contributed by atoms with Crippen molar-refractivity contribution in [1.29, 1.82) is 0 Å². The molecular weight excluding hydrogens is 380 g/mol. The van der Waals surface area contributed by atoms with Crippen molar-refractivity contribution in [3.8, 4) is 5.75 Å². The molecule has 1 aliphatic heterocycles. The van der Waals surface area contributed by atoms with Gasteiger partial charge in [0.2, 0.25) is 5.91 Å². The summed E-state index contributed by atoms with van der Waals surface area (Å²) in [6.07, 6.45) is 2.89. The number of carbonyl (C=O) groups excluding carboxylic acids is 1. The number of thioether (sulfide) groups is 1. The molecule has 0 atom stereocenters. The van der Waals surface area contributed by atoms with Crippen LogP contribution < -0.4 is 10.1 Å². The molecule has 0 unspecified atom stereocenters. The number of nitrogens with one attached hydrogen (secondary N) is 1. The first kappa shape index (κ1) is 19.9. The molecule has 146 valence electrons. The van der Waals surface area contributed by atoms with Crippen LogP contribution in [0.3, 0.4) is 0 Å². The van der Waals surface area contributed by atoms with Gasteiger partial charge in [-0.25, -0.2) is 0 Å². The van der Waals surface area contributed by atoms with Crippen molar-refractivity contribution in [1.82, 2.24) is 5.32 Å². The number of ether oxygens (including phenoxy) is 2. The zero-order chi connectivity index (χ0) is 19.8. The topological polar surface area (TPSA) is 90.7 Å². The highest BCUT2D eigenvalue weighted by molar-refractivity contribution is 7.98. The Kier molecular flexibility index (Phi) is 7.05. The second kappa shape index (κ2) is 9.91. The van der Waals surface area contributed by atoms with Gasteiger partial charge in [0.15, 0.2) is 6.79 Å². The number of carbonyl (C=O) groups is 1. The van der Waals surface area contributed by atoms with Gasteiger partial charge in [0.25, 0.3) is 5.69 Å². The van der Waals surface area contributed by atoms with Gasteiger partial charge in [0.1, 0.15) is 5.75 Å². The van der Waals surface area contributed by atoms with Gasteiger partial charge in [-0.05, 0) is 11.6 Å². The van der Waals surface area contributed by atoms with E-state index in [9.17, 15) is 14.9 Å². The summed E-state index contributed by atoms with van der Waals surface area (Å²) >= 11 is 1.74. The summed E-state index contributed by atoms with van der Waals surface area (Å²) in [5, 5.41) is 13.9. The Hall–Kier alpha value is -2.84. The average Bonchev–Trinajstić information content (AvgIpc) is 2.72. The molecule has 2 aromatic rings. The van der Waals surface area contributed by atoms with E-state index in [2.05, 4.69) is 17.4 Å². The Morgan fingerprint density at radius 3 is 2.89 bits per heavy atom. The molecule has 0 aromatic heterocycles. The molecule has 3 rings (SSSR count). The van der Waals surface area contributed by atoms with Gasteiger partial charge in [-0.2, -0.15) is 11.8 Å². The molecule has 1 heterocycles. The third kappa shape index (κ3) is 5.58. The maximum Gasteiger partial charge on any atom is 0.270 e. The first-order chi connectivity index (χ1) is 13.6. The lowest BCUT2D eigenvalue weighted by Gasteiger charge is -2.19. The van der Waals surface area contributed by atoms with Crippen molar-refractivity contribution in [3.63, 3.8) is 0 Å². The molecule has 0 fully saturated rings. The molecule has 1 amide bonds. The number of benzene rings is 2. The monoisotopic (exact) mass is 400 g/mol. The molecule has 28 heavy (non-hydrogen) atoms. The van der Waals surface area contributed by atoms with Crippen LogP contribution in [0.2, 0.25) is 0 Å². The average molecular weight is 400 g/mol. The predicted octanol–water partition coefficient (Wildman–Crippen LogP) is 3.52. The largest absolute Gasteiger partial charge is 0.467 e. The van der Waals surface area contributed by atoms with Crippen LogP contribution in [0.25, 0.3) is 6.08 Å². The molecule has 0 radical (unpaired) electrons. The van der Waals surface area contributed by atoms with Crippen LogP contribution in [0.5, 0.6) is 5.75 Å². The molecule has 1 N–H and O–H groups in total. The predicted molar refractivity (Wildman–Crippen MR) is 108 cm³/mol. The summed E-state index contributed by atoms with van der Waals surface area (Å²) in [4.78, 5) is 22.7. The van der Waals surface area contributed by atoms with E-state index in [0.29, 0.717) is 23.4 Å². The number of rotatable bonds is 8. The molecule has 0 saturated heterocycles. The van der Waals surface area contributed by atoms with Crippen LogP contribution in [0.4, 0.5) is 5.69 Å². The number of amides is 1. The van der Waals surface area contributed by atoms with E-state index in [4.69, 9.17) is 9.47 Å². The third-order valence-corrected chi connectivity index (χ3v) is 5.04. The fraction of sp³-hybridized carbons (Fsp3) is 0.250. The van der Waals surface area contributed by atoms with Crippen LogP contribution in [0.1, 0.15) is 16.7 Å². The molecule has 0 spiro atoms. The smallest absolute Gasteiger partial charge is 0.270 e. The Labute approximate surface area is 166 Å². The molecule has 0 bridgehead atoms. The fourth-order valence-corrected chi connectivity index (χ4v) is 3.51. The molecule has 0 aliphatic carbocycles. The number of nitro groups is 1. The molecule has 0 saturated carbocycles. The zero-order valence-electron chi connectivity index (χ0n) is 15.1. The first-order valence-corrected chi connectivity index (χ1v) is 9.88. The second-order valence-electron chi connectivity index (χ2n) is 6.05. The Morgan fingerprint density at radius 2 is 2.11 bits per heavy atom. The SMILES string of the molecule is O=C(/C=C/c1cc([N+](=O)[O-])cc2c1OCOC2)NCCSCc1ccccc1. The van der Waals surface area contributed by atoms with Crippen molar-refractivity contribution in [2.75, 3.05) is 19.1 Å². The summed E-state index contributed by atoms with van der Waals surface area (Å²) in [6.45, 7) is 0.858. The quantitative estimate of drug-likeness (QED) is 0.316. The molecule has 1 aliphatic rings. The minimum atomic E-state index is -0.476. The van der Waals surface area contributed by atoms with Crippen molar-refractivity contribution in [2.24, 2.45) is 0 Å². The van der Waals surface area contributed by atoms with Crippen LogP contribution >= 0.6 is 11.8 Å². The highest BCUT2D eigenvalue weighted by Gasteiger charge is 2.19. The Balaban J connectivity index is 1.52. The van der Waals surface area contributed by atoms with Gasteiger partial charge in [-0.15, -0.1) is 0 Å². The number of fused-ring (bicyclic) bond motifs is 1. The summed E-state index contributed by atoms with van der Waals surface area (Å²) < 4.78 is 10.6. The fourth-order valence-electron chi connectivity index (χ4n) is 2.70. The molecule has 8 heteroatoms. The molecule has 7 nitrogen and oxygen atoms in total. The summed E-state index contributed by atoms with van der Waals surface area (Å²) in [5.41, 5.74) is 2.27. The van der Waals surface area contributed by atoms with Gasteiger partial charge < -0.3 is 14.8 Å². The van der Waals surface area contributed by atoms with Crippen LogP contribution in [-0.2, 0) is 21.9 Å². The summed E-state index contributed by atoms with van der Waals surface area (Å²) in [6, 6.07) is 13.0. The van der Waals surface area contributed by atoms with E-state index >= 15 is 0 Å². The maximum atomic E-state index is 12.0. The van der Waals surface area contributed by atoms with Gasteiger partial charge in [-0.1, -0.05) is 30.3 Å². The summed E-state index contributed by atoms with van der Waals surface area (Å²) in [5.74, 6) is 1.94. The summed E-state index contributed by atoms with van der Waals surface area (Å²) in [7, 11) is 0. The van der Waals surface area contributed by atoms with Crippen molar-refractivity contribution >= 4 is 29.4 Å². The van der Waals surface area contributed by atoms with Gasteiger partial charge >= 0.3 is 0 Å². The third-order valence-electron chi connectivity index (χ3n) is 4.01. The van der Waals surface area contributed by atoms with Crippen LogP contribution in [0.15, 0.2) is 48.5 Å². The highest BCUT2D eigenvalue weighted by Crippen LogP contribution is 2.33. The van der Waals surface area contributed by atoms with E-state index in [0.717, 1.165) is 11.5 Å². The van der Waals surface area contributed by atoms with E-state index < -0.39 is 4.92 Å². The van der Waals surface area contributed by atoms with Gasteiger partial charge in [0.05, 0.1) is 11.5 Å². The van der Waals surface area contributed by atoms with Crippen LogP contribution in [-0.4, -0.2) is 29.9 Å². The number of nitro benzene ring substituents is 1. The van der Waals surface area contributed by atoms with Crippen molar-refractivity contribution < 1.29 is 19.2 Å². The van der Waals surface area contributed by atoms with Crippen molar-refractivity contribution in [2.45, 2.75) is 12.4 Å². The van der Waals surface area contributed by atoms with Crippen LogP contribution in [0, 0.1) is 10.1 Å². The second-order valence-corrected chi connectivity index (χ2v) is 7.16. The maximum absolute atomic E-state index is 12.0. The lowest BCUT2D eigenvalue weighted by Crippen LogP contribution is -2.23. The van der Waals surface area contributed by atoms with Crippen molar-refractivity contribution in [3.05, 3.63) is 75.3 Å². The molecule has 2 aromatic carbocycles. The van der Waals surface area contributed by atoms with E-state index in [-0.39, 0.29) is 25.0 Å². The number of non-ortho nitro benzene ring substituents is 1. The zero-order valence-corrected chi connectivity index (χ0v) is 15.9. The number of hydrogen-bond donors (Lipinski definition) is 1. The van der Waals surface area contributed by atoms with E-state index in [1.807, 2.05) is 18.2 Å². The minimum Gasteiger partial charge on any atom is -0.467 e. The first-order valence-electron chi connectivity index (χ1n) is 8.73. The minimum absolute atomic E-state index is 0.0646. The highest BCUT2D eigenvalue weighted by atomic mass is 32.2. The standard InChI is InChI=1S/C20H20N2O5S/c23-19(21-8-9-28-13-15-4-2-1-3-5-15)7-6-16-10-18(22(24)25)11-17-12-26-14-27-20(16)17/h1-7,10-11H,8-9,12-14H2,(H,21,23)/b7-6+. The molecular formula is C20H20N2O5S. The van der Waals surface area contributed by atoms with Gasteiger partial charge in [0, 0.05) is 47.4 Å². The number of nitrogens with zero attached hydrogens (tertiary/aromatic N) is 1. The van der Waals surface area contributed by atoms with E-state index in [1.54, 1.807) is 11.8 Å². The number of hydrogen-bond acceptors (Lipinski definition) is 6. The van der Waals surface area contributed by atoms with Gasteiger partial charge in [-0.3, -0.25) is 14.9 Å². The Morgan fingerprint density at radius 1 is 1.29 bits per heavy atom. The Bertz CT molecular complexity index is 870. The van der Waals surface area contributed by atoms with E-state index in [1.165, 1.54) is 29.8 Å². The lowest BCUT2D eigenvalue weighted by molar-refractivity contribution is -0.385. The normalized spacial score (nSPS) is 13.0.